The summed E-state index contributed by atoms with van der Waals surface area (Å²) in [5.41, 5.74) is 2.81. The van der Waals surface area contributed by atoms with Crippen LogP contribution in [0.1, 0.15) is 12.0 Å². The maximum atomic E-state index is 3.50. The molecule has 1 aliphatic heterocycles. The van der Waals surface area contributed by atoms with Crippen LogP contribution < -0.4 is 5.32 Å². The Kier molecular flexibility index (Phi) is 2.07. The second kappa shape index (κ2) is 3.74. The van der Waals surface area contributed by atoms with Crippen molar-refractivity contribution in [1.29, 1.82) is 0 Å². The van der Waals surface area contributed by atoms with Gasteiger partial charge >= 0.3 is 0 Å². The van der Waals surface area contributed by atoms with E-state index in [2.05, 4.69) is 53.8 Å². The molecule has 1 heterocycles. The molecule has 0 saturated carbocycles. The number of rotatable bonds is 0. The maximum Gasteiger partial charge on any atom is 0.0379 e. The Morgan fingerprint density at radius 3 is 2.67 bits per heavy atom. The summed E-state index contributed by atoms with van der Waals surface area (Å²) in [5, 5.41) is 8.99. The minimum absolute atomic E-state index is 1.10. The fourth-order valence-corrected chi connectivity index (χ4v) is 3.07. The molecule has 0 bridgehead atoms. The van der Waals surface area contributed by atoms with E-state index in [4.69, 9.17) is 0 Å². The largest absolute Gasteiger partial charge is 0.385 e. The topological polar surface area (TPSA) is 12.0 Å². The van der Waals surface area contributed by atoms with Crippen LogP contribution in [-0.4, -0.2) is 6.54 Å². The molecule has 0 fully saturated rings. The number of nitrogens with one attached hydrogen (secondary N) is 1. The maximum absolute atomic E-state index is 3.50. The number of benzene rings is 3. The van der Waals surface area contributed by atoms with Crippen LogP contribution in [0.25, 0.3) is 21.5 Å². The summed E-state index contributed by atoms with van der Waals surface area (Å²) in [5.74, 6) is 0. The Labute approximate surface area is 106 Å². The molecule has 3 aromatic carbocycles. The highest BCUT2D eigenvalue weighted by atomic mass is 14.9. The van der Waals surface area contributed by atoms with Crippen molar-refractivity contribution in [3.63, 3.8) is 0 Å². The summed E-state index contributed by atoms with van der Waals surface area (Å²) in [4.78, 5) is 0. The van der Waals surface area contributed by atoms with Crippen molar-refractivity contribution in [3.8, 4) is 0 Å². The van der Waals surface area contributed by atoms with Crippen LogP contribution in [-0.2, 0) is 6.42 Å². The number of hydrogen-bond acceptors (Lipinski definition) is 1. The molecule has 1 heteroatoms. The minimum Gasteiger partial charge on any atom is -0.385 e. The van der Waals surface area contributed by atoms with Gasteiger partial charge in [0.1, 0.15) is 0 Å². The smallest absolute Gasteiger partial charge is 0.0379 e. The standard InChI is InChI=1S/C17H15N/c1-2-5-13-12(4-1)7-8-15-14(13)9-10-17-16(15)6-3-11-18-17/h1-2,4-5,7-10,18H,3,6,11H2. The lowest BCUT2D eigenvalue weighted by atomic mass is 9.93. The highest BCUT2D eigenvalue weighted by Crippen LogP contribution is 2.33. The van der Waals surface area contributed by atoms with Crippen molar-refractivity contribution in [2.24, 2.45) is 0 Å². The summed E-state index contributed by atoms with van der Waals surface area (Å²) < 4.78 is 0. The van der Waals surface area contributed by atoms with Gasteiger partial charge in [-0.2, -0.15) is 0 Å². The third-order valence-electron chi connectivity index (χ3n) is 3.96. The molecule has 0 aromatic heterocycles. The average molecular weight is 233 g/mol. The van der Waals surface area contributed by atoms with Gasteiger partial charge in [0.25, 0.3) is 0 Å². The lowest BCUT2D eigenvalue weighted by Crippen LogP contribution is -2.11. The van der Waals surface area contributed by atoms with Crippen molar-refractivity contribution >= 4 is 27.2 Å². The third kappa shape index (κ3) is 1.34. The highest BCUT2D eigenvalue weighted by Gasteiger charge is 2.12. The molecule has 0 aliphatic carbocycles. The zero-order valence-electron chi connectivity index (χ0n) is 10.2. The molecular weight excluding hydrogens is 218 g/mol. The molecule has 3 aromatic rings. The van der Waals surface area contributed by atoms with Gasteiger partial charge in [0.15, 0.2) is 0 Å². The van der Waals surface area contributed by atoms with Gasteiger partial charge in [0.05, 0.1) is 0 Å². The SMILES string of the molecule is c1ccc2c(c1)ccc1c3c(ccc12)NCCC3. The molecule has 4 rings (SSSR count). The van der Waals surface area contributed by atoms with Gasteiger partial charge in [0, 0.05) is 12.2 Å². The van der Waals surface area contributed by atoms with Gasteiger partial charge < -0.3 is 5.32 Å². The predicted octanol–water partition coefficient (Wildman–Crippen LogP) is 4.35. The number of fused-ring (bicyclic) bond motifs is 5. The second-order valence-corrected chi connectivity index (χ2v) is 5.00. The fourth-order valence-electron chi connectivity index (χ4n) is 3.07. The first-order valence-corrected chi connectivity index (χ1v) is 6.61. The van der Waals surface area contributed by atoms with Crippen molar-refractivity contribution in [2.45, 2.75) is 12.8 Å². The quantitative estimate of drug-likeness (QED) is 0.569. The zero-order valence-corrected chi connectivity index (χ0v) is 10.2. The molecule has 0 spiro atoms. The van der Waals surface area contributed by atoms with Crippen molar-refractivity contribution < 1.29 is 0 Å². The molecule has 1 N–H and O–H groups in total. The van der Waals surface area contributed by atoms with Crippen molar-refractivity contribution in [1.82, 2.24) is 0 Å². The van der Waals surface area contributed by atoms with Gasteiger partial charge in [-0.05, 0) is 46.0 Å². The Bertz CT molecular complexity index is 743. The van der Waals surface area contributed by atoms with Crippen LogP contribution in [0.2, 0.25) is 0 Å². The van der Waals surface area contributed by atoms with Crippen LogP contribution in [0, 0.1) is 0 Å². The molecule has 0 amide bonds. The van der Waals surface area contributed by atoms with Crippen molar-refractivity contribution in [2.75, 3.05) is 11.9 Å². The van der Waals surface area contributed by atoms with E-state index in [-0.39, 0.29) is 0 Å². The molecular formula is C17H15N. The summed E-state index contributed by atoms with van der Waals surface area (Å²) >= 11 is 0. The third-order valence-corrected chi connectivity index (χ3v) is 3.96. The Morgan fingerprint density at radius 2 is 1.67 bits per heavy atom. The number of hydrogen-bond donors (Lipinski definition) is 1. The second-order valence-electron chi connectivity index (χ2n) is 5.00. The molecule has 88 valence electrons. The Balaban J connectivity index is 2.15. The van der Waals surface area contributed by atoms with Gasteiger partial charge in [-0.15, -0.1) is 0 Å². The molecule has 0 saturated heterocycles. The molecule has 0 unspecified atom stereocenters. The summed E-state index contributed by atoms with van der Waals surface area (Å²) in [7, 11) is 0. The summed E-state index contributed by atoms with van der Waals surface area (Å²) in [6.07, 6.45) is 2.43. The number of aryl methyl sites for hydroxylation is 1. The van der Waals surface area contributed by atoms with E-state index in [0.29, 0.717) is 0 Å². The molecule has 1 aliphatic rings. The highest BCUT2D eigenvalue weighted by molar-refractivity contribution is 6.09. The van der Waals surface area contributed by atoms with Gasteiger partial charge in [-0.3, -0.25) is 0 Å². The molecule has 18 heavy (non-hydrogen) atoms. The first-order valence-electron chi connectivity index (χ1n) is 6.61. The molecule has 1 nitrogen and oxygen atoms in total. The van der Waals surface area contributed by atoms with Crippen LogP contribution in [0.4, 0.5) is 5.69 Å². The van der Waals surface area contributed by atoms with E-state index >= 15 is 0 Å². The van der Waals surface area contributed by atoms with Gasteiger partial charge in [-0.1, -0.05) is 42.5 Å². The van der Waals surface area contributed by atoms with E-state index in [1.165, 1.54) is 45.6 Å². The van der Waals surface area contributed by atoms with Crippen LogP contribution in [0.3, 0.4) is 0 Å². The predicted molar refractivity (Wildman–Crippen MR) is 78.3 cm³/mol. The van der Waals surface area contributed by atoms with E-state index < -0.39 is 0 Å². The average Bonchev–Trinajstić information content (AvgIpc) is 2.46. The Hall–Kier alpha value is -2.02. The fraction of sp³-hybridized carbons (Fsp3) is 0.176. The molecule has 0 radical (unpaired) electrons. The first kappa shape index (κ1) is 9.95. The van der Waals surface area contributed by atoms with Gasteiger partial charge in [-0.25, -0.2) is 0 Å². The van der Waals surface area contributed by atoms with Crippen molar-refractivity contribution in [3.05, 3.63) is 54.1 Å². The monoisotopic (exact) mass is 233 g/mol. The normalized spacial score (nSPS) is 14.4. The lowest BCUT2D eigenvalue weighted by molar-refractivity contribution is 0.836. The van der Waals surface area contributed by atoms with E-state index in [9.17, 15) is 0 Å². The first-order chi connectivity index (χ1) is 8.93. The van der Waals surface area contributed by atoms with E-state index in [0.717, 1.165) is 6.54 Å². The van der Waals surface area contributed by atoms with Crippen LogP contribution in [0.15, 0.2) is 48.5 Å². The molecule has 0 atom stereocenters. The van der Waals surface area contributed by atoms with E-state index in [1.54, 1.807) is 0 Å². The summed E-state index contributed by atoms with van der Waals surface area (Å²) in [6.45, 7) is 1.10. The van der Waals surface area contributed by atoms with Crippen LogP contribution >= 0.6 is 0 Å². The van der Waals surface area contributed by atoms with E-state index in [1.807, 2.05) is 0 Å². The van der Waals surface area contributed by atoms with Gasteiger partial charge in [0.2, 0.25) is 0 Å². The minimum atomic E-state index is 1.10. The zero-order chi connectivity index (χ0) is 11.9. The lowest BCUT2D eigenvalue weighted by Gasteiger charge is -2.20. The summed E-state index contributed by atoms with van der Waals surface area (Å²) in [6, 6.07) is 17.7. The Morgan fingerprint density at radius 1 is 0.778 bits per heavy atom. The number of anilines is 1. The van der Waals surface area contributed by atoms with Crippen LogP contribution in [0.5, 0.6) is 0 Å².